The molecule has 0 amide bonds. The van der Waals surface area contributed by atoms with Gasteiger partial charge in [0.1, 0.15) is 0 Å². The molecule has 5 aromatic rings. The first-order chi connectivity index (χ1) is 23.0. The Labute approximate surface area is 291 Å². The molecule has 0 unspecified atom stereocenters. The highest BCUT2D eigenvalue weighted by Gasteiger charge is 2.16. The minimum absolute atomic E-state index is 0.120. The highest BCUT2D eigenvalue weighted by atomic mass is 14.9. The van der Waals surface area contributed by atoms with E-state index in [1.54, 1.807) is 0 Å². The van der Waals surface area contributed by atoms with E-state index in [1.807, 2.05) is 12.4 Å². The molecule has 0 saturated heterocycles. The lowest BCUT2D eigenvalue weighted by Crippen LogP contribution is -2.10. The summed E-state index contributed by atoms with van der Waals surface area (Å²) in [6, 6.07) is 33.9. The summed E-state index contributed by atoms with van der Waals surface area (Å²) in [6.45, 7) is 15.9. The van der Waals surface area contributed by atoms with E-state index in [0.717, 1.165) is 17.8 Å². The zero-order valence-corrected chi connectivity index (χ0v) is 30.6. The summed E-state index contributed by atoms with van der Waals surface area (Å²) in [6.07, 6.45) is 15.8. The van der Waals surface area contributed by atoms with Gasteiger partial charge < -0.3 is 0 Å². The van der Waals surface area contributed by atoms with Gasteiger partial charge in [-0.2, -0.15) is 0 Å². The minimum Gasteiger partial charge on any atom is -0.236 e. The topological polar surface area (TPSA) is 25.8 Å². The fourth-order valence-electron chi connectivity index (χ4n) is 6.39. The van der Waals surface area contributed by atoms with Crippen molar-refractivity contribution in [3.8, 4) is 44.8 Å². The molecule has 1 aromatic heterocycles. The zero-order chi connectivity index (χ0) is 34.1. The summed E-state index contributed by atoms with van der Waals surface area (Å²) >= 11 is 0. The molecule has 0 bridgehead atoms. The Morgan fingerprint density at radius 3 is 1.33 bits per heavy atom. The highest BCUT2D eigenvalue weighted by molar-refractivity contribution is 5.82. The molecule has 0 aliphatic rings. The fraction of sp³-hybridized carbons (Fsp3) is 0.391. The van der Waals surface area contributed by atoms with Gasteiger partial charge in [0, 0.05) is 18.0 Å². The quantitative estimate of drug-likeness (QED) is 0.120. The van der Waals surface area contributed by atoms with Crippen molar-refractivity contribution >= 4 is 0 Å². The molecule has 2 nitrogen and oxygen atoms in total. The van der Waals surface area contributed by atoms with Crippen LogP contribution in [0.5, 0.6) is 0 Å². The summed E-state index contributed by atoms with van der Waals surface area (Å²) in [5.74, 6) is 0.781. The van der Waals surface area contributed by atoms with E-state index in [4.69, 9.17) is 9.97 Å². The van der Waals surface area contributed by atoms with Crippen molar-refractivity contribution < 1.29 is 0 Å². The van der Waals surface area contributed by atoms with E-state index in [9.17, 15) is 0 Å². The monoisotopic (exact) mass is 636 g/mol. The van der Waals surface area contributed by atoms with Crippen LogP contribution in [-0.2, 0) is 17.3 Å². The molecule has 0 atom stereocenters. The second kappa shape index (κ2) is 15.9. The van der Waals surface area contributed by atoms with Crippen LogP contribution in [0.3, 0.4) is 0 Å². The number of unbranched alkanes of at least 4 members (excludes halogenated alkanes) is 7. The van der Waals surface area contributed by atoms with Crippen molar-refractivity contribution in [3.05, 3.63) is 120 Å². The average Bonchev–Trinajstić information content (AvgIpc) is 3.09. The van der Waals surface area contributed by atoms with Gasteiger partial charge in [-0.25, -0.2) is 9.97 Å². The van der Waals surface area contributed by atoms with Crippen LogP contribution in [0.15, 0.2) is 103 Å². The Hall–Kier alpha value is -4.04. The third kappa shape index (κ3) is 9.53. The molecular formula is C46H56N2. The normalized spacial score (nSPS) is 12.0. The van der Waals surface area contributed by atoms with Gasteiger partial charge >= 0.3 is 0 Å². The van der Waals surface area contributed by atoms with Gasteiger partial charge in [0.15, 0.2) is 5.82 Å². The summed E-state index contributed by atoms with van der Waals surface area (Å²) < 4.78 is 0. The van der Waals surface area contributed by atoms with Gasteiger partial charge in [0.25, 0.3) is 0 Å². The van der Waals surface area contributed by atoms with E-state index < -0.39 is 0 Å². The smallest absolute Gasteiger partial charge is 0.159 e. The molecule has 250 valence electrons. The molecule has 1 heterocycles. The molecule has 5 rings (SSSR count). The molecule has 4 aromatic carbocycles. The Morgan fingerprint density at radius 2 is 0.854 bits per heavy atom. The molecule has 0 spiro atoms. The SMILES string of the molecule is CCCCCCCCCCc1cnc(-c2cccc(-c3cc(-c4ccc(C(C)(C)C)cc4)cc(-c4ccc(C(C)(C)C)cc4)c3)c2)nc1. The van der Waals surface area contributed by atoms with Gasteiger partial charge in [0.05, 0.1) is 0 Å². The number of nitrogens with zero attached hydrogens (tertiary/aromatic N) is 2. The van der Waals surface area contributed by atoms with Gasteiger partial charge in [-0.3, -0.25) is 0 Å². The number of aryl methyl sites for hydroxylation is 1. The molecule has 0 radical (unpaired) electrons. The van der Waals surface area contributed by atoms with Crippen molar-refractivity contribution in [2.75, 3.05) is 0 Å². The molecule has 0 N–H and O–H groups in total. The number of rotatable bonds is 13. The second-order valence-electron chi connectivity index (χ2n) is 15.7. The van der Waals surface area contributed by atoms with Gasteiger partial charge in [-0.15, -0.1) is 0 Å². The minimum atomic E-state index is 0.120. The number of hydrogen-bond acceptors (Lipinski definition) is 2. The maximum atomic E-state index is 4.81. The van der Waals surface area contributed by atoms with Crippen LogP contribution in [0.2, 0.25) is 0 Å². The van der Waals surface area contributed by atoms with Crippen molar-refractivity contribution in [2.24, 2.45) is 0 Å². The first-order valence-corrected chi connectivity index (χ1v) is 18.3. The summed E-state index contributed by atoms with van der Waals surface area (Å²) in [4.78, 5) is 9.62. The summed E-state index contributed by atoms with van der Waals surface area (Å²) in [5, 5.41) is 0. The first kappa shape index (κ1) is 35.3. The van der Waals surface area contributed by atoms with Crippen molar-refractivity contribution in [1.82, 2.24) is 9.97 Å². The highest BCUT2D eigenvalue weighted by Crippen LogP contribution is 2.36. The zero-order valence-electron chi connectivity index (χ0n) is 30.6. The summed E-state index contributed by atoms with van der Waals surface area (Å²) in [5.41, 5.74) is 12.4. The Morgan fingerprint density at radius 1 is 0.438 bits per heavy atom. The third-order valence-corrected chi connectivity index (χ3v) is 9.58. The fourth-order valence-corrected chi connectivity index (χ4v) is 6.39. The van der Waals surface area contributed by atoms with Crippen LogP contribution in [0.1, 0.15) is 117 Å². The number of benzene rings is 4. The molecule has 0 saturated carbocycles. The Bertz CT molecular complexity index is 1660. The lowest BCUT2D eigenvalue weighted by atomic mass is 9.85. The third-order valence-electron chi connectivity index (χ3n) is 9.58. The van der Waals surface area contributed by atoms with Crippen LogP contribution >= 0.6 is 0 Å². The lowest BCUT2D eigenvalue weighted by molar-refractivity contribution is 0.575. The van der Waals surface area contributed by atoms with Gasteiger partial charge in [-0.05, 0) is 98.0 Å². The maximum Gasteiger partial charge on any atom is 0.159 e. The van der Waals surface area contributed by atoms with Gasteiger partial charge in [0.2, 0.25) is 0 Å². The van der Waals surface area contributed by atoms with E-state index in [-0.39, 0.29) is 10.8 Å². The van der Waals surface area contributed by atoms with E-state index in [1.165, 1.54) is 101 Å². The van der Waals surface area contributed by atoms with Crippen LogP contribution in [0, 0.1) is 0 Å². The predicted octanol–water partition coefficient (Wildman–Crippen LogP) is 13.4. The second-order valence-corrected chi connectivity index (χ2v) is 15.7. The first-order valence-electron chi connectivity index (χ1n) is 18.3. The van der Waals surface area contributed by atoms with E-state index in [2.05, 4.69) is 139 Å². The van der Waals surface area contributed by atoms with Crippen molar-refractivity contribution in [2.45, 2.75) is 117 Å². The molecule has 0 fully saturated rings. The van der Waals surface area contributed by atoms with Crippen LogP contribution in [0.4, 0.5) is 0 Å². The van der Waals surface area contributed by atoms with Crippen LogP contribution in [-0.4, -0.2) is 9.97 Å². The molecule has 0 aliphatic carbocycles. The lowest BCUT2D eigenvalue weighted by Gasteiger charge is -2.20. The number of hydrogen-bond donors (Lipinski definition) is 0. The Balaban J connectivity index is 1.39. The molecular weight excluding hydrogens is 581 g/mol. The van der Waals surface area contributed by atoms with Crippen LogP contribution in [0.25, 0.3) is 44.8 Å². The predicted molar refractivity (Wildman–Crippen MR) is 207 cm³/mol. The van der Waals surface area contributed by atoms with E-state index in [0.29, 0.717) is 0 Å². The number of aromatic nitrogens is 2. The Kier molecular flexibility index (Phi) is 11.7. The molecule has 48 heavy (non-hydrogen) atoms. The van der Waals surface area contributed by atoms with E-state index >= 15 is 0 Å². The average molecular weight is 637 g/mol. The molecule has 2 heteroatoms. The van der Waals surface area contributed by atoms with Crippen LogP contribution < -0.4 is 0 Å². The standard InChI is InChI=1S/C46H56N2/c1-8-9-10-11-12-13-14-15-17-34-32-47-44(48-33-34)38-19-16-18-37(28-38)41-30-39(35-20-24-42(25-21-35)45(2,3)4)29-40(31-41)36-22-26-43(27-23-36)46(5,6)7/h16,18-33H,8-15,17H2,1-7H3. The largest absolute Gasteiger partial charge is 0.236 e. The van der Waals surface area contributed by atoms with Gasteiger partial charge in [-0.1, -0.05) is 160 Å². The summed E-state index contributed by atoms with van der Waals surface area (Å²) in [7, 11) is 0. The molecule has 0 aliphatic heterocycles. The van der Waals surface area contributed by atoms with Crippen molar-refractivity contribution in [1.29, 1.82) is 0 Å². The van der Waals surface area contributed by atoms with Crippen molar-refractivity contribution in [3.63, 3.8) is 0 Å². The maximum absolute atomic E-state index is 4.81.